The summed E-state index contributed by atoms with van der Waals surface area (Å²) in [7, 11) is 1.61. The van der Waals surface area contributed by atoms with Gasteiger partial charge in [-0.2, -0.15) is 0 Å². The van der Waals surface area contributed by atoms with Gasteiger partial charge in [0.25, 0.3) is 5.91 Å². The first kappa shape index (κ1) is 20.4. The lowest BCUT2D eigenvalue weighted by atomic mass is 10.1. The summed E-state index contributed by atoms with van der Waals surface area (Å²) in [5, 5.41) is 2.89. The number of ether oxygens (including phenoxy) is 3. The highest BCUT2D eigenvalue weighted by Crippen LogP contribution is 2.23. The van der Waals surface area contributed by atoms with Crippen molar-refractivity contribution in [1.29, 1.82) is 0 Å². The second kappa shape index (κ2) is 10.3. The molecule has 3 aromatic rings. The fourth-order valence-electron chi connectivity index (χ4n) is 2.86. The van der Waals surface area contributed by atoms with Crippen molar-refractivity contribution in [2.75, 3.05) is 19.0 Å². The predicted octanol–water partition coefficient (Wildman–Crippen LogP) is 5.06. The molecule has 0 radical (unpaired) electrons. The van der Waals surface area contributed by atoms with Crippen LogP contribution >= 0.6 is 0 Å². The second-order valence-corrected chi connectivity index (χ2v) is 6.42. The number of nitrogens with one attached hydrogen (secondary N) is 1. The van der Waals surface area contributed by atoms with Crippen LogP contribution in [-0.2, 0) is 18.0 Å². The molecule has 0 atom stereocenters. The van der Waals surface area contributed by atoms with Gasteiger partial charge in [0.05, 0.1) is 26.9 Å². The van der Waals surface area contributed by atoms with E-state index in [1.807, 2.05) is 49.4 Å². The summed E-state index contributed by atoms with van der Waals surface area (Å²) in [5.74, 6) is 1.27. The number of carbonyl (C=O) groups excluding carboxylic acids is 1. The maximum absolute atomic E-state index is 12.7. The standard InChI is InChI=1S/C24H25NO4/c1-3-29-23-14-9-19(24(26)25-21-10-12-22(27-2)13-11-21)15-20(23)17-28-16-18-7-5-4-6-8-18/h4-15H,3,16-17H2,1-2H3,(H,25,26). The molecule has 1 amide bonds. The molecule has 0 aliphatic rings. The average molecular weight is 391 g/mol. The molecule has 3 rings (SSSR count). The van der Waals surface area contributed by atoms with E-state index in [9.17, 15) is 4.79 Å². The van der Waals surface area contributed by atoms with Gasteiger partial charge in [-0.15, -0.1) is 0 Å². The van der Waals surface area contributed by atoms with Gasteiger partial charge in [-0.25, -0.2) is 0 Å². The number of rotatable bonds is 9. The molecule has 150 valence electrons. The highest BCUT2D eigenvalue weighted by atomic mass is 16.5. The zero-order chi connectivity index (χ0) is 20.5. The molecule has 0 spiro atoms. The van der Waals surface area contributed by atoms with E-state index in [4.69, 9.17) is 14.2 Å². The third-order valence-corrected chi connectivity index (χ3v) is 4.34. The monoisotopic (exact) mass is 391 g/mol. The van der Waals surface area contributed by atoms with Crippen molar-refractivity contribution in [2.24, 2.45) is 0 Å². The molecule has 29 heavy (non-hydrogen) atoms. The number of carbonyl (C=O) groups is 1. The number of anilines is 1. The van der Waals surface area contributed by atoms with Crippen LogP contribution in [0.5, 0.6) is 11.5 Å². The van der Waals surface area contributed by atoms with Crippen molar-refractivity contribution >= 4 is 11.6 Å². The van der Waals surface area contributed by atoms with E-state index < -0.39 is 0 Å². The first-order valence-electron chi connectivity index (χ1n) is 9.52. The highest BCUT2D eigenvalue weighted by Gasteiger charge is 2.12. The lowest BCUT2D eigenvalue weighted by Crippen LogP contribution is -2.12. The Morgan fingerprint density at radius 1 is 0.931 bits per heavy atom. The van der Waals surface area contributed by atoms with Gasteiger partial charge in [0.1, 0.15) is 11.5 Å². The largest absolute Gasteiger partial charge is 0.497 e. The van der Waals surface area contributed by atoms with E-state index in [1.165, 1.54) is 0 Å². The molecular formula is C24H25NO4. The summed E-state index contributed by atoms with van der Waals surface area (Å²) < 4.78 is 16.7. The highest BCUT2D eigenvalue weighted by molar-refractivity contribution is 6.04. The Balaban J connectivity index is 1.69. The molecule has 0 saturated heterocycles. The van der Waals surface area contributed by atoms with Crippen LogP contribution in [0.4, 0.5) is 5.69 Å². The van der Waals surface area contributed by atoms with Gasteiger partial charge < -0.3 is 19.5 Å². The number of hydrogen-bond donors (Lipinski definition) is 1. The molecule has 5 heteroatoms. The topological polar surface area (TPSA) is 56.8 Å². The quantitative estimate of drug-likeness (QED) is 0.554. The van der Waals surface area contributed by atoms with Crippen molar-refractivity contribution in [1.82, 2.24) is 0 Å². The summed E-state index contributed by atoms with van der Waals surface area (Å²) in [6, 6.07) is 22.6. The third-order valence-electron chi connectivity index (χ3n) is 4.34. The fraction of sp³-hybridized carbons (Fsp3) is 0.208. The first-order valence-corrected chi connectivity index (χ1v) is 9.52. The molecule has 5 nitrogen and oxygen atoms in total. The molecule has 3 aromatic carbocycles. The van der Waals surface area contributed by atoms with Crippen molar-refractivity contribution in [3.8, 4) is 11.5 Å². The summed E-state index contributed by atoms with van der Waals surface area (Å²) in [6.07, 6.45) is 0. The van der Waals surface area contributed by atoms with Gasteiger partial charge in [-0.3, -0.25) is 4.79 Å². The van der Waals surface area contributed by atoms with Crippen LogP contribution in [0, 0.1) is 0 Å². The minimum atomic E-state index is -0.192. The summed E-state index contributed by atoms with van der Waals surface area (Å²) in [6.45, 7) is 3.32. The van der Waals surface area contributed by atoms with Crippen molar-refractivity contribution in [2.45, 2.75) is 20.1 Å². The smallest absolute Gasteiger partial charge is 0.255 e. The van der Waals surface area contributed by atoms with Gasteiger partial charge in [0, 0.05) is 16.8 Å². The maximum Gasteiger partial charge on any atom is 0.255 e. The minimum Gasteiger partial charge on any atom is -0.497 e. The number of benzene rings is 3. The molecule has 0 aromatic heterocycles. The van der Waals surface area contributed by atoms with Crippen LogP contribution in [-0.4, -0.2) is 19.6 Å². The van der Waals surface area contributed by atoms with Crippen molar-refractivity contribution < 1.29 is 19.0 Å². The zero-order valence-corrected chi connectivity index (χ0v) is 16.7. The van der Waals surface area contributed by atoms with E-state index in [2.05, 4.69) is 5.32 Å². The molecule has 0 aliphatic heterocycles. The Hall–Kier alpha value is -3.31. The van der Waals surface area contributed by atoms with Gasteiger partial charge in [-0.1, -0.05) is 30.3 Å². The third kappa shape index (κ3) is 5.83. The van der Waals surface area contributed by atoms with Gasteiger partial charge in [-0.05, 0) is 55.0 Å². The van der Waals surface area contributed by atoms with Crippen LogP contribution < -0.4 is 14.8 Å². The molecule has 0 aliphatic carbocycles. The maximum atomic E-state index is 12.7. The summed E-state index contributed by atoms with van der Waals surface area (Å²) in [4.78, 5) is 12.7. The number of amides is 1. The van der Waals surface area contributed by atoms with Gasteiger partial charge in [0.2, 0.25) is 0 Å². The van der Waals surface area contributed by atoms with Crippen LogP contribution in [0.1, 0.15) is 28.4 Å². The normalized spacial score (nSPS) is 10.4. The molecule has 0 saturated carbocycles. The van der Waals surface area contributed by atoms with Crippen LogP contribution in [0.25, 0.3) is 0 Å². The minimum absolute atomic E-state index is 0.192. The van der Waals surface area contributed by atoms with E-state index >= 15 is 0 Å². The predicted molar refractivity (Wildman–Crippen MR) is 113 cm³/mol. The zero-order valence-electron chi connectivity index (χ0n) is 16.7. The average Bonchev–Trinajstić information content (AvgIpc) is 2.76. The molecule has 0 fully saturated rings. The molecular weight excluding hydrogens is 366 g/mol. The number of hydrogen-bond acceptors (Lipinski definition) is 4. The molecule has 0 heterocycles. The molecule has 1 N–H and O–H groups in total. The Bertz CT molecular complexity index is 923. The van der Waals surface area contributed by atoms with Crippen molar-refractivity contribution in [3.63, 3.8) is 0 Å². The van der Waals surface area contributed by atoms with Gasteiger partial charge >= 0.3 is 0 Å². The molecule has 0 bridgehead atoms. The second-order valence-electron chi connectivity index (χ2n) is 6.42. The first-order chi connectivity index (χ1) is 14.2. The van der Waals surface area contributed by atoms with E-state index in [0.717, 1.165) is 22.6 Å². The van der Waals surface area contributed by atoms with Gasteiger partial charge in [0.15, 0.2) is 0 Å². The Labute approximate surface area is 171 Å². The fourth-order valence-corrected chi connectivity index (χ4v) is 2.86. The lowest BCUT2D eigenvalue weighted by molar-refractivity contribution is 0.101. The van der Waals surface area contributed by atoms with E-state index in [1.54, 1.807) is 37.4 Å². The van der Waals surface area contributed by atoms with Crippen molar-refractivity contribution in [3.05, 3.63) is 89.5 Å². The Kier molecular flexibility index (Phi) is 7.25. The van der Waals surface area contributed by atoms with Crippen LogP contribution in [0.3, 0.4) is 0 Å². The summed E-state index contributed by atoms with van der Waals surface area (Å²) >= 11 is 0. The SMILES string of the molecule is CCOc1ccc(C(=O)Nc2ccc(OC)cc2)cc1COCc1ccccc1. The van der Waals surface area contributed by atoms with Crippen LogP contribution in [0.15, 0.2) is 72.8 Å². The Morgan fingerprint density at radius 3 is 2.38 bits per heavy atom. The lowest BCUT2D eigenvalue weighted by Gasteiger charge is -2.13. The van der Waals surface area contributed by atoms with Crippen LogP contribution in [0.2, 0.25) is 0 Å². The number of methoxy groups -OCH3 is 1. The van der Waals surface area contributed by atoms with E-state index in [-0.39, 0.29) is 5.91 Å². The summed E-state index contributed by atoms with van der Waals surface area (Å²) in [5.41, 5.74) is 3.18. The molecule has 0 unspecified atom stereocenters. The van der Waals surface area contributed by atoms with E-state index in [0.29, 0.717) is 31.1 Å². The Morgan fingerprint density at radius 2 is 1.69 bits per heavy atom.